The van der Waals surface area contributed by atoms with Crippen LogP contribution in [0, 0.1) is 13.8 Å². The van der Waals surface area contributed by atoms with Crippen LogP contribution in [-0.4, -0.2) is 30.6 Å². The summed E-state index contributed by atoms with van der Waals surface area (Å²) in [5, 5.41) is 3.84. The highest BCUT2D eigenvalue weighted by Crippen LogP contribution is 2.21. The summed E-state index contributed by atoms with van der Waals surface area (Å²) in [6.07, 6.45) is 3.85. The van der Waals surface area contributed by atoms with Gasteiger partial charge in [-0.3, -0.25) is 0 Å². The molecule has 20 heavy (non-hydrogen) atoms. The first kappa shape index (κ1) is 15.5. The molecule has 1 fully saturated rings. The monoisotopic (exact) mass is 274 g/mol. The average Bonchev–Trinajstić information content (AvgIpc) is 2.44. The second-order valence-corrected chi connectivity index (χ2v) is 6.36. The number of benzene rings is 1. The number of hydrogen-bond donors (Lipinski definition) is 1. The summed E-state index contributed by atoms with van der Waals surface area (Å²) in [6, 6.07) is 7.91. The van der Waals surface area contributed by atoms with Gasteiger partial charge in [0.05, 0.1) is 0 Å². The first-order valence-electron chi connectivity index (χ1n) is 8.15. The van der Waals surface area contributed by atoms with E-state index in [-0.39, 0.29) is 0 Å². The topological polar surface area (TPSA) is 15.3 Å². The van der Waals surface area contributed by atoms with Crippen molar-refractivity contribution < 1.29 is 0 Å². The predicted molar refractivity (Wildman–Crippen MR) is 87.2 cm³/mol. The number of hydrogen-bond acceptors (Lipinski definition) is 2. The molecule has 2 heteroatoms. The second-order valence-electron chi connectivity index (χ2n) is 6.36. The Morgan fingerprint density at radius 2 is 1.95 bits per heavy atom. The summed E-state index contributed by atoms with van der Waals surface area (Å²) in [6.45, 7) is 12.7. The Labute approximate surface area is 124 Å². The molecule has 0 spiro atoms. The predicted octanol–water partition coefficient (Wildman–Crippen LogP) is 3.83. The van der Waals surface area contributed by atoms with Gasteiger partial charge in [-0.2, -0.15) is 0 Å². The Morgan fingerprint density at radius 3 is 2.60 bits per heavy atom. The van der Waals surface area contributed by atoms with Crippen molar-refractivity contribution in [1.29, 1.82) is 0 Å². The molecule has 0 aliphatic carbocycles. The fourth-order valence-corrected chi connectivity index (χ4v) is 3.31. The minimum Gasteiger partial charge on any atom is -0.307 e. The number of aryl methyl sites for hydroxylation is 2. The lowest BCUT2D eigenvalue weighted by Gasteiger charge is -2.34. The molecule has 0 amide bonds. The summed E-state index contributed by atoms with van der Waals surface area (Å²) >= 11 is 0. The van der Waals surface area contributed by atoms with Crippen LogP contribution in [0.15, 0.2) is 18.2 Å². The minimum atomic E-state index is 0.456. The maximum absolute atomic E-state index is 3.84. The van der Waals surface area contributed by atoms with E-state index in [1.54, 1.807) is 0 Å². The zero-order valence-electron chi connectivity index (χ0n) is 13.6. The van der Waals surface area contributed by atoms with Crippen LogP contribution in [0.2, 0.25) is 0 Å². The fourth-order valence-electron chi connectivity index (χ4n) is 3.31. The van der Waals surface area contributed by atoms with E-state index in [9.17, 15) is 0 Å². The summed E-state index contributed by atoms with van der Waals surface area (Å²) in [7, 11) is 0. The lowest BCUT2D eigenvalue weighted by molar-refractivity contribution is 0.192. The van der Waals surface area contributed by atoms with Gasteiger partial charge in [-0.1, -0.05) is 30.7 Å². The Hall–Kier alpha value is -0.860. The third-order valence-electron chi connectivity index (χ3n) is 4.51. The molecule has 2 rings (SSSR count). The lowest BCUT2D eigenvalue weighted by atomic mass is 9.97. The highest BCUT2D eigenvalue weighted by Gasteiger charge is 2.20. The molecular formula is C18H30N2. The van der Waals surface area contributed by atoms with E-state index in [4.69, 9.17) is 0 Å². The number of rotatable bonds is 5. The molecule has 1 saturated heterocycles. The van der Waals surface area contributed by atoms with Crippen LogP contribution in [0.25, 0.3) is 0 Å². The summed E-state index contributed by atoms with van der Waals surface area (Å²) in [5.74, 6) is 0. The Balaban J connectivity index is 1.89. The van der Waals surface area contributed by atoms with E-state index in [0.717, 1.165) is 0 Å². The van der Waals surface area contributed by atoms with Gasteiger partial charge in [0.25, 0.3) is 0 Å². The van der Waals surface area contributed by atoms with Crippen molar-refractivity contribution in [2.24, 2.45) is 0 Å². The lowest BCUT2D eigenvalue weighted by Crippen LogP contribution is -2.43. The minimum absolute atomic E-state index is 0.456. The standard InChI is InChI=1S/C18H30N2/c1-5-10-20-11-8-17(9-12-20)19-16(4)18-13-14(2)6-7-15(18)3/h6-7,13,16-17,19H,5,8-12H2,1-4H3. The van der Waals surface area contributed by atoms with Crippen LogP contribution in [0.3, 0.4) is 0 Å². The molecule has 1 aromatic carbocycles. The second kappa shape index (κ2) is 7.24. The quantitative estimate of drug-likeness (QED) is 0.878. The van der Waals surface area contributed by atoms with Gasteiger partial charge in [-0.15, -0.1) is 0 Å². The summed E-state index contributed by atoms with van der Waals surface area (Å²) < 4.78 is 0. The molecule has 1 aliphatic rings. The first-order valence-corrected chi connectivity index (χ1v) is 8.15. The first-order chi connectivity index (χ1) is 9.60. The van der Waals surface area contributed by atoms with Gasteiger partial charge in [0.15, 0.2) is 0 Å². The summed E-state index contributed by atoms with van der Waals surface area (Å²) in [5.41, 5.74) is 4.22. The normalized spacial score (nSPS) is 19.2. The number of likely N-dealkylation sites (tertiary alicyclic amines) is 1. The van der Waals surface area contributed by atoms with E-state index in [2.05, 4.69) is 56.1 Å². The van der Waals surface area contributed by atoms with Gasteiger partial charge in [0.1, 0.15) is 0 Å². The third-order valence-corrected chi connectivity index (χ3v) is 4.51. The van der Waals surface area contributed by atoms with Crippen LogP contribution in [0.5, 0.6) is 0 Å². The van der Waals surface area contributed by atoms with Crippen molar-refractivity contribution in [3.8, 4) is 0 Å². The SMILES string of the molecule is CCCN1CCC(NC(C)c2cc(C)ccc2C)CC1. The van der Waals surface area contributed by atoms with E-state index in [0.29, 0.717) is 12.1 Å². The molecule has 1 aromatic rings. The van der Waals surface area contributed by atoms with Crippen LogP contribution in [0.4, 0.5) is 0 Å². The highest BCUT2D eigenvalue weighted by atomic mass is 15.1. The average molecular weight is 274 g/mol. The molecular weight excluding hydrogens is 244 g/mol. The van der Waals surface area contributed by atoms with Crippen LogP contribution in [-0.2, 0) is 0 Å². The molecule has 1 unspecified atom stereocenters. The highest BCUT2D eigenvalue weighted by molar-refractivity contribution is 5.32. The molecule has 1 atom stereocenters. The largest absolute Gasteiger partial charge is 0.307 e. The van der Waals surface area contributed by atoms with Crippen molar-refractivity contribution in [3.63, 3.8) is 0 Å². The van der Waals surface area contributed by atoms with Gasteiger partial charge in [0.2, 0.25) is 0 Å². The molecule has 112 valence electrons. The molecule has 1 heterocycles. The molecule has 0 saturated carbocycles. The van der Waals surface area contributed by atoms with Crippen LogP contribution in [0.1, 0.15) is 55.8 Å². The Morgan fingerprint density at radius 1 is 1.25 bits per heavy atom. The van der Waals surface area contributed by atoms with Crippen molar-refractivity contribution >= 4 is 0 Å². The Bertz CT molecular complexity index is 419. The van der Waals surface area contributed by atoms with Crippen molar-refractivity contribution in [2.45, 2.75) is 59.0 Å². The molecule has 0 aromatic heterocycles. The molecule has 0 radical (unpaired) electrons. The van der Waals surface area contributed by atoms with Crippen molar-refractivity contribution in [1.82, 2.24) is 10.2 Å². The Kier molecular flexibility index (Phi) is 5.62. The van der Waals surface area contributed by atoms with Gasteiger partial charge in [-0.25, -0.2) is 0 Å². The molecule has 1 aliphatic heterocycles. The van der Waals surface area contributed by atoms with Gasteiger partial charge in [-0.05, 0) is 70.8 Å². The molecule has 0 bridgehead atoms. The molecule has 1 N–H and O–H groups in total. The van der Waals surface area contributed by atoms with E-state index < -0.39 is 0 Å². The van der Waals surface area contributed by atoms with Gasteiger partial charge < -0.3 is 10.2 Å². The molecule has 2 nitrogen and oxygen atoms in total. The zero-order chi connectivity index (χ0) is 14.5. The maximum Gasteiger partial charge on any atom is 0.0297 e. The van der Waals surface area contributed by atoms with E-state index in [1.165, 1.54) is 55.6 Å². The number of nitrogens with one attached hydrogen (secondary N) is 1. The zero-order valence-corrected chi connectivity index (χ0v) is 13.6. The number of piperidine rings is 1. The van der Waals surface area contributed by atoms with E-state index in [1.807, 2.05) is 0 Å². The van der Waals surface area contributed by atoms with Gasteiger partial charge >= 0.3 is 0 Å². The van der Waals surface area contributed by atoms with Crippen molar-refractivity contribution in [3.05, 3.63) is 34.9 Å². The maximum atomic E-state index is 3.84. The van der Waals surface area contributed by atoms with E-state index >= 15 is 0 Å². The van der Waals surface area contributed by atoms with Crippen LogP contribution < -0.4 is 5.32 Å². The van der Waals surface area contributed by atoms with Crippen LogP contribution >= 0.6 is 0 Å². The van der Waals surface area contributed by atoms with Gasteiger partial charge in [0, 0.05) is 12.1 Å². The third kappa shape index (κ3) is 4.07. The fraction of sp³-hybridized carbons (Fsp3) is 0.667. The summed E-state index contributed by atoms with van der Waals surface area (Å²) in [4.78, 5) is 2.60. The number of nitrogens with zero attached hydrogens (tertiary/aromatic N) is 1. The van der Waals surface area contributed by atoms with Crippen molar-refractivity contribution in [2.75, 3.05) is 19.6 Å². The smallest absolute Gasteiger partial charge is 0.0297 e.